The van der Waals surface area contributed by atoms with Crippen molar-refractivity contribution in [1.82, 2.24) is 0 Å². The molecule has 2 heterocycles. The van der Waals surface area contributed by atoms with Crippen LogP contribution < -0.4 is 0 Å². The summed E-state index contributed by atoms with van der Waals surface area (Å²) in [5.41, 5.74) is -0.163. The number of Topliss-reactive ketones (excluding diaryl/α,β-unsaturated/α-hetero) is 1. The molecule has 0 saturated carbocycles. The molecule has 3 aromatic rings. The van der Waals surface area contributed by atoms with Gasteiger partial charge in [0.15, 0.2) is 0 Å². The van der Waals surface area contributed by atoms with Crippen LogP contribution in [0.2, 0.25) is 0 Å². The third-order valence-electron chi connectivity index (χ3n) is 3.97. The maximum atomic E-state index is 13.2. The molecule has 0 fully saturated rings. The molecule has 0 amide bonds. The Labute approximate surface area is 151 Å². The highest BCUT2D eigenvalue weighted by molar-refractivity contribution is 8.04. The van der Waals surface area contributed by atoms with E-state index < -0.39 is 11.7 Å². The highest BCUT2D eigenvalue weighted by Gasteiger charge is 2.34. The molecule has 4 rings (SSSR count). The largest absolute Gasteiger partial charge is 0.457 e. The molecule has 0 saturated heterocycles. The van der Waals surface area contributed by atoms with Crippen molar-refractivity contribution in [1.29, 1.82) is 0 Å². The van der Waals surface area contributed by atoms with Crippen LogP contribution in [0, 0.1) is 0 Å². The molecule has 1 aromatic heterocycles. The summed E-state index contributed by atoms with van der Waals surface area (Å²) in [5, 5.41) is 0. The number of hydrogen-bond donors (Lipinski definition) is 0. The van der Waals surface area contributed by atoms with Crippen LogP contribution in [0.25, 0.3) is 17.4 Å². The van der Waals surface area contributed by atoms with Crippen LogP contribution in [-0.2, 0) is 6.18 Å². The molecule has 2 nitrogen and oxygen atoms in total. The van der Waals surface area contributed by atoms with Gasteiger partial charge >= 0.3 is 6.18 Å². The Morgan fingerprint density at radius 2 is 1.58 bits per heavy atom. The first-order chi connectivity index (χ1) is 12.4. The highest BCUT2D eigenvalue weighted by atomic mass is 32.2. The van der Waals surface area contributed by atoms with Crippen LogP contribution in [-0.4, -0.2) is 5.78 Å². The maximum absolute atomic E-state index is 13.2. The molecular formula is C20H11F3O2S. The second-order valence-electron chi connectivity index (χ2n) is 5.68. The fraction of sp³-hybridized carbons (Fsp3) is 0.0500. The molecule has 26 heavy (non-hydrogen) atoms. The van der Waals surface area contributed by atoms with Crippen molar-refractivity contribution in [2.24, 2.45) is 0 Å². The SMILES string of the molecule is O=C1/C(=C\c2ccc(-c3ccccc3C(F)(F)F)o2)Sc2ccccc21. The quantitative estimate of drug-likeness (QED) is 0.495. The molecule has 0 bridgehead atoms. The second-order valence-corrected chi connectivity index (χ2v) is 6.77. The van der Waals surface area contributed by atoms with E-state index >= 15 is 0 Å². The van der Waals surface area contributed by atoms with Crippen LogP contribution in [0.1, 0.15) is 21.7 Å². The van der Waals surface area contributed by atoms with Gasteiger partial charge in [-0.3, -0.25) is 4.79 Å². The number of hydrogen-bond acceptors (Lipinski definition) is 3. The number of benzene rings is 2. The van der Waals surface area contributed by atoms with E-state index in [-0.39, 0.29) is 17.1 Å². The lowest BCUT2D eigenvalue weighted by Gasteiger charge is -2.10. The normalized spacial score (nSPS) is 15.5. The van der Waals surface area contributed by atoms with E-state index in [9.17, 15) is 18.0 Å². The standard InChI is InChI=1S/C20H11F3O2S/c21-20(22,23)15-7-3-1-5-13(15)16-10-9-12(25-16)11-18-19(24)14-6-2-4-8-17(14)26-18/h1-11H/b18-11+. The Morgan fingerprint density at radius 1 is 0.885 bits per heavy atom. The van der Waals surface area contributed by atoms with Crippen molar-refractivity contribution in [3.8, 4) is 11.3 Å². The van der Waals surface area contributed by atoms with Crippen molar-refractivity contribution in [2.75, 3.05) is 0 Å². The van der Waals surface area contributed by atoms with E-state index in [2.05, 4.69) is 0 Å². The van der Waals surface area contributed by atoms with Gasteiger partial charge < -0.3 is 4.42 Å². The molecule has 0 unspecified atom stereocenters. The van der Waals surface area contributed by atoms with Gasteiger partial charge in [-0.1, -0.05) is 42.1 Å². The number of furan rings is 1. The minimum atomic E-state index is -4.47. The number of carbonyl (C=O) groups is 1. The molecule has 2 aromatic carbocycles. The minimum absolute atomic E-state index is 0.0293. The van der Waals surface area contributed by atoms with Crippen molar-refractivity contribution >= 4 is 23.6 Å². The zero-order valence-electron chi connectivity index (χ0n) is 13.2. The van der Waals surface area contributed by atoms with Crippen molar-refractivity contribution in [2.45, 2.75) is 11.1 Å². The third kappa shape index (κ3) is 2.97. The van der Waals surface area contributed by atoms with E-state index in [4.69, 9.17) is 4.42 Å². The number of carbonyl (C=O) groups excluding carboxylic acids is 1. The summed E-state index contributed by atoms with van der Waals surface area (Å²) in [6.45, 7) is 0. The third-order valence-corrected chi connectivity index (χ3v) is 5.07. The van der Waals surface area contributed by atoms with Gasteiger partial charge in [-0.25, -0.2) is 0 Å². The fourth-order valence-corrected chi connectivity index (χ4v) is 3.82. The Balaban J connectivity index is 1.68. The first-order valence-corrected chi connectivity index (χ1v) is 8.55. The van der Waals surface area contributed by atoms with Crippen LogP contribution in [0.4, 0.5) is 13.2 Å². The number of alkyl halides is 3. The minimum Gasteiger partial charge on any atom is -0.457 e. The van der Waals surface area contributed by atoms with Gasteiger partial charge in [-0.05, 0) is 36.4 Å². The Hall–Kier alpha value is -2.73. The summed E-state index contributed by atoms with van der Waals surface area (Å²) in [7, 11) is 0. The number of fused-ring (bicyclic) bond motifs is 1. The maximum Gasteiger partial charge on any atom is 0.417 e. The fourth-order valence-electron chi connectivity index (χ4n) is 2.79. The molecule has 130 valence electrons. The average molecular weight is 372 g/mol. The molecule has 0 spiro atoms. The lowest BCUT2D eigenvalue weighted by atomic mass is 10.1. The number of rotatable bonds is 2. The summed E-state index contributed by atoms with van der Waals surface area (Å²) in [4.78, 5) is 13.7. The van der Waals surface area contributed by atoms with Gasteiger partial charge in [0.2, 0.25) is 5.78 Å². The lowest BCUT2D eigenvalue weighted by molar-refractivity contribution is -0.137. The number of allylic oxidation sites excluding steroid dienone is 1. The van der Waals surface area contributed by atoms with Crippen molar-refractivity contribution < 1.29 is 22.4 Å². The topological polar surface area (TPSA) is 30.2 Å². The zero-order valence-corrected chi connectivity index (χ0v) is 14.0. The first-order valence-electron chi connectivity index (χ1n) is 7.73. The monoisotopic (exact) mass is 372 g/mol. The van der Waals surface area contributed by atoms with Gasteiger partial charge in [0.05, 0.1) is 10.5 Å². The van der Waals surface area contributed by atoms with E-state index in [1.54, 1.807) is 24.3 Å². The highest BCUT2D eigenvalue weighted by Crippen LogP contribution is 2.41. The van der Waals surface area contributed by atoms with E-state index in [1.165, 1.54) is 36.0 Å². The van der Waals surface area contributed by atoms with E-state index in [1.807, 2.05) is 12.1 Å². The summed E-state index contributed by atoms with van der Waals surface area (Å²) in [6.07, 6.45) is -2.91. The van der Waals surface area contributed by atoms with Crippen molar-refractivity contribution in [3.05, 3.63) is 82.5 Å². The first kappa shape index (κ1) is 16.7. The van der Waals surface area contributed by atoms with E-state index in [0.717, 1.165) is 11.0 Å². The Bertz CT molecular complexity index is 1030. The Kier molecular flexibility index (Phi) is 4.00. The smallest absolute Gasteiger partial charge is 0.417 e. The average Bonchev–Trinajstić information content (AvgIpc) is 3.20. The zero-order chi connectivity index (χ0) is 18.3. The predicted octanol–water partition coefficient (Wildman–Crippen LogP) is 6.29. The summed E-state index contributed by atoms with van der Waals surface area (Å²) < 4.78 is 45.1. The van der Waals surface area contributed by atoms with Crippen molar-refractivity contribution in [3.63, 3.8) is 0 Å². The second kappa shape index (κ2) is 6.21. The molecule has 0 aliphatic carbocycles. The molecule has 0 N–H and O–H groups in total. The van der Waals surface area contributed by atoms with Gasteiger partial charge in [-0.15, -0.1) is 0 Å². The number of halogens is 3. The van der Waals surface area contributed by atoms with Gasteiger partial charge in [-0.2, -0.15) is 13.2 Å². The molecule has 6 heteroatoms. The van der Waals surface area contributed by atoms with Gasteiger partial charge in [0, 0.05) is 16.0 Å². The van der Waals surface area contributed by atoms with Crippen LogP contribution in [0.5, 0.6) is 0 Å². The predicted molar refractivity (Wildman–Crippen MR) is 93.8 cm³/mol. The van der Waals surface area contributed by atoms with Gasteiger partial charge in [0.25, 0.3) is 0 Å². The van der Waals surface area contributed by atoms with Crippen LogP contribution in [0.15, 0.2) is 74.9 Å². The summed E-state index contributed by atoms with van der Waals surface area (Å²) in [6, 6.07) is 15.5. The lowest BCUT2D eigenvalue weighted by Crippen LogP contribution is -2.06. The Morgan fingerprint density at radius 3 is 2.31 bits per heavy atom. The summed E-state index contributed by atoms with van der Waals surface area (Å²) >= 11 is 1.32. The number of thioether (sulfide) groups is 1. The molecule has 1 aliphatic heterocycles. The van der Waals surface area contributed by atoms with Crippen LogP contribution >= 0.6 is 11.8 Å². The molecule has 0 atom stereocenters. The number of ketones is 1. The molecule has 1 aliphatic rings. The molecule has 0 radical (unpaired) electrons. The van der Waals surface area contributed by atoms with Crippen LogP contribution in [0.3, 0.4) is 0 Å². The van der Waals surface area contributed by atoms with E-state index in [0.29, 0.717) is 16.2 Å². The summed E-state index contributed by atoms with van der Waals surface area (Å²) in [5.74, 6) is 0.331. The molecular weight excluding hydrogens is 361 g/mol. The van der Waals surface area contributed by atoms with Gasteiger partial charge in [0.1, 0.15) is 11.5 Å².